The lowest BCUT2D eigenvalue weighted by atomic mass is 9.53. The molecule has 0 aromatic carbocycles. The molecule has 0 spiro atoms. The molecule has 0 amide bonds. The Morgan fingerprint density at radius 3 is 2.55 bits per heavy atom. The summed E-state index contributed by atoms with van der Waals surface area (Å²) in [6, 6.07) is 2.19. The minimum atomic E-state index is 0.577. The molecule has 0 aliphatic carbocycles. The van der Waals surface area contributed by atoms with Crippen LogP contribution in [0.15, 0.2) is 6.07 Å². The number of aryl methyl sites for hydroxylation is 1. The van der Waals surface area contributed by atoms with Crippen LogP contribution in [0, 0.1) is 0 Å². The summed E-state index contributed by atoms with van der Waals surface area (Å²) >= 11 is 0. The smallest absolute Gasteiger partial charge is 0.145 e. The highest BCUT2D eigenvalue weighted by Gasteiger charge is 2.06. The maximum atomic E-state index is 4.37. The average molecular weight is 148 g/mol. The third-order valence-electron chi connectivity index (χ3n) is 1.92. The predicted molar refractivity (Wildman–Crippen MR) is 52.6 cm³/mol. The average Bonchev–Trinajstić information content (AvgIpc) is 2.30. The minimum Gasteiger partial charge on any atom is -0.273 e. The highest BCUT2D eigenvalue weighted by Crippen LogP contribution is 2.09. The van der Waals surface area contributed by atoms with Crippen LogP contribution in [0.2, 0.25) is 0 Å². The van der Waals surface area contributed by atoms with Gasteiger partial charge in [-0.1, -0.05) is 13.8 Å². The molecule has 0 radical (unpaired) electrons. The molecule has 0 aliphatic heterocycles. The fourth-order valence-corrected chi connectivity index (χ4v) is 1.26. The molecule has 0 N–H and O–H groups in total. The van der Waals surface area contributed by atoms with E-state index in [0.717, 1.165) is 7.17 Å². The molecule has 1 aromatic heterocycles. The monoisotopic (exact) mass is 148 g/mol. The van der Waals surface area contributed by atoms with Gasteiger partial charge in [-0.25, -0.2) is 0 Å². The number of nitrogens with zero attached hydrogens (tertiary/aromatic N) is 2. The summed E-state index contributed by atoms with van der Waals surface area (Å²) in [5.41, 5.74) is 2.51. The summed E-state index contributed by atoms with van der Waals surface area (Å²) < 4.78 is 1.98. The normalized spacial score (nSPS) is 10.5. The minimum absolute atomic E-state index is 0.577. The lowest BCUT2D eigenvalue weighted by molar-refractivity contribution is 0.672. The van der Waals surface area contributed by atoms with E-state index in [0.29, 0.717) is 5.92 Å². The summed E-state index contributed by atoms with van der Waals surface area (Å²) in [5, 5.41) is 4.37. The van der Waals surface area contributed by atoms with E-state index < -0.39 is 0 Å². The zero-order valence-electron chi connectivity index (χ0n) is 7.76. The Morgan fingerprint density at radius 2 is 2.27 bits per heavy atom. The predicted octanol–water partition coefficient (Wildman–Crippen LogP) is -0.847. The van der Waals surface area contributed by atoms with Gasteiger partial charge in [0.05, 0.1) is 7.74 Å². The quantitative estimate of drug-likeness (QED) is 0.499. The zero-order valence-corrected chi connectivity index (χ0v) is 7.76. The van der Waals surface area contributed by atoms with E-state index in [9.17, 15) is 0 Å². The van der Waals surface area contributed by atoms with Crippen LogP contribution in [0.25, 0.3) is 0 Å². The van der Waals surface area contributed by atoms with Crippen molar-refractivity contribution in [2.75, 3.05) is 0 Å². The van der Waals surface area contributed by atoms with E-state index in [4.69, 9.17) is 0 Å². The maximum absolute atomic E-state index is 4.37. The van der Waals surface area contributed by atoms with Crippen LogP contribution in [-0.2, 0) is 7.05 Å². The summed E-state index contributed by atoms with van der Waals surface area (Å²) in [5.74, 6) is 0.577. The molecule has 1 rings (SSSR count). The second-order valence-corrected chi connectivity index (χ2v) is 3.19. The zero-order chi connectivity index (χ0) is 8.43. The Bertz CT molecular complexity index is 243. The van der Waals surface area contributed by atoms with E-state index in [1.54, 1.807) is 0 Å². The third-order valence-corrected chi connectivity index (χ3v) is 1.92. The van der Waals surface area contributed by atoms with Crippen molar-refractivity contribution in [1.82, 2.24) is 9.78 Å². The number of rotatable bonds is 2. The molecule has 0 fully saturated rings. The molecule has 0 saturated heterocycles. The summed E-state index contributed by atoms with van der Waals surface area (Å²) in [6.45, 7) is 4.38. The van der Waals surface area contributed by atoms with Crippen LogP contribution in [0.4, 0.5) is 0 Å². The van der Waals surface area contributed by atoms with Gasteiger partial charge in [-0.3, -0.25) is 4.68 Å². The highest BCUT2D eigenvalue weighted by atomic mass is 15.3. The molecular weight excluding hydrogens is 134 g/mol. The van der Waals surface area contributed by atoms with Gasteiger partial charge < -0.3 is 0 Å². The maximum Gasteiger partial charge on any atom is 0.145 e. The topological polar surface area (TPSA) is 17.8 Å². The molecule has 2 nitrogen and oxygen atoms in total. The van der Waals surface area contributed by atoms with Crippen molar-refractivity contribution in [2.24, 2.45) is 7.05 Å². The van der Waals surface area contributed by atoms with Crippen LogP contribution >= 0.6 is 0 Å². The van der Waals surface area contributed by atoms with Gasteiger partial charge in [0.25, 0.3) is 0 Å². The van der Waals surface area contributed by atoms with E-state index >= 15 is 0 Å². The van der Waals surface area contributed by atoms with Crippen molar-refractivity contribution in [3.8, 4) is 0 Å². The summed E-state index contributed by atoms with van der Waals surface area (Å²) in [4.78, 5) is 0. The second kappa shape index (κ2) is 3.16. The lowest BCUT2D eigenvalue weighted by Gasteiger charge is -2.02. The first-order chi connectivity index (χ1) is 5.15. The summed E-state index contributed by atoms with van der Waals surface area (Å²) in [7, 11) is 5.17. The van der Waals surface area contributed by atoms with Crippen LogP contribution in [0.1, 0.15) is 25.5 Å². The molecule has 0 atom stereocenters. The van der Waals surface area contributed by atoms with Crippen molar-refractivity contribution in [2.45, 2.75) is 19.8 Å². The molecule has 58 valence electrons. The molecule has 0 saturated carbocycles. The van der Waals surface area contributed by atoms with Crippen molar-refractivity contribution < 1.29 is 0 Å². The van der Waals surface area contributed by atoms with Gasteiger partial charge in [0, 0.05) is 18.3 Å². The molecule has 0 aliphatic rings. The van der Waals surface area contributed by atoms with E-state index in [1.165, 1.54) is 11.3 Å². The SMILES string of the molecule is BBc1cc(C(C)C)n(C)n1. The van der Waals surface area contributed by atoms with Crippen LogP contribution < -0.4 is 5.59 Å². The Balaban J connectivity index is 2.97. The van der Waals surface area contributed by atoms with Crippen molar-refractivity contribution in [3.05, 3.63) is 11.8 Å². The van der Waals surface area contributed by atoms with Gasteiger partial charge in [0.1, 0.15) is 7.17 Å². The van der Waals surface area contributed by atoms with Gasteiger partial charge in [-0.05, 0) is 12.0 Å². The molecule has 0 unspecified atom stereocenters. The number of hydrogen-bond acceptors (Lipinski definition) is 1. The Kier molecular flexibility index (Phi) is 2.42. The third kappa shape index (κ3) is 1.67. The van der Waals surface area contributed by atoms with E-state index in [1.807, 2.05) is 11.7 Å². The van der Waals surface area contributed by atoms with Crippen LogP contribution in [-0.4, -0.2) is 24.7 Å². The number of hydrogen-bond donors (Lipinski definition) is 0. The van der Waals surface area contributed by atoms with Gasteiger partial charge in [-0.15, -0.1) is 0 Å². The standard InChI is InChI=1S/C7H14B2N2/c1-5(2)6-4-7(9-8)10-11(6)3/h4-5,9H,8H2,1-3H3. The van der Waals surface area contributed by atoms with Crippen molar-refractivity contribution in [1.29, 1.82) is 0 Å². The Morgan fingerprint density at radius 1 is 1.64 bits per heavy atom. The molecule has 1 heterocycles. The molecular formula is C7H14B2N2. The van der Waals surface area contributed by atoms with E-state index in [2.05, 4.69) is 32.7 Å². The largest absolute Gasteiger partial charge is 0.273 e. The van der Waals surface area contributed by atoms with Crippen molar-refractivity contribution in [3.63, 3.8) is 0 Å². The van der Waals surface area contributed by atoms with Crippen LogP contribution in [0.5, 0.6) is 0 Å². The fraction of sp³-hybridized carbons (Fsp3) is 0.571. The molecule has 1 aromatic rings. The lowest BCUT2D eigenvalue weighted by Crippen LogP contribution is -2.16. The first-order valence-electron chi connectivity index (χ1n) is 4.18. The Hall–Kier alpha value is -0.660. The first-order valence-corrected chi connectivity index (χ1v) is 4.18. The summed E-state index contributed by atoms with van der Waals surface area (Å²) in [6.07, 6.45) is 0. The highest BCUT2D eigenvalue weighted by molar-refractivity contribution is 6.97. The van der Waals surface area contributed by atoms with Gasteiger partial charge in [0.2, 0.25) is 0 Å². The fourth-order valence-electron chi connectivity index (χ4n) is 1.26. The molecule has 4 heteroatoms. The van der Waals surface area contributed by atoms with Gasteiger partial charge in [-0.2, -0.15) is 5.10 Å². The second-order valence-electron chi connectivity index (χ2n) is 3.19. The van der Waals surface area contributed by atoms with E-state index in [-0.39, 0.29) is 0 Å². The van der Waals surface area contributed by atoms with Crippen LogP contribution in [0.3, 0.4) is 0 Å². The number of aromatic nitrogens is 2. The Labute approximate surface area is 69.6 Å². The van der Waals surface area contributed by atoms with Crippen molar-refractivity contribution >= 4 is 20.5 Å². The molecule has 0 bridgehead atoms. The van der Waals surface area contributed by atoms with Gasteiger partial charge in [0.15, 0.2) is 0 Å². The molecule has 11 heavy (non-hydrogen) atoms. The van der Waals surface area contributed by atoms with Gasteiger partial charge >= 0.3 is 0 Å². The first kappa shape index (κ1) is 8.44.